The normalized spacial score (nSPS) is 12.4. The standard InChI is InChI=1S/C16H26N4O6S/c1-25-9-7-20(8-10-26-2)16(22)19-14(15(17)21)12-27(23,24)11-13-5-3-4-6-18-13/h3-6,14H,7-12H2,1-2H3,(H2,17,21)(H,19,22). The Hall–Kier alpha value is -2.24. The van der Waals surface area contributed by atoms with Crippen molar-refractivity contribution in [1.82, 2.24) is 15.2 Å². The van der Waals surface area contributed by atoms with Crippen molar-refractivity contribution in [3.8, 4) is 0 Å². The maximum Gasteiger partial charge on any atom is 0.318 e. The first-order chi connectivity index (χ1) is 12.8. The second kappa shape index (κ2) is 11.5. The average Bonchev–Trinajstić information content (AvgIpc) is 2.61. The van der Waals surface area contributed by atoms with E-state index < -0.39 is 33.6 Å². The zero-order valence-corrected chi connectivity index (χ0v) is 16.3. The van der Waals surface area contributed by atoms with Crippen LogP contribution in [0.1, 0.15) is 5.69 Å². The van der Waals surface area contributed by atoms with E-state index in [1.807, 2.05) is 0 Å². The van der Waals surface area contributed by atoms with Gasteiger partial charge in [0, 0.05) is 33.5 Å². The number of carbonyl (C=O) groups is 2. The number of nitrogens with zero attached hydrogens (tertiary/aromatic N) is 2. The van der Waals surface area contributed by atoms with E-state index in [9.17, 15) is 18.0 Å². The summed E-state index contributed by atoms with van der Waals surface area (Å²) in [5, 5.41) is 2.38. The minimum atomic E-state index is -3.73. The maximum atomic E-state index is 12.4. The van der Waals surface area contributed by atoms with E-state index >= 15 is 0 Å². The molecule has 0 saturated carbocycles. The van der Waals surface area contributed by atoms with Gasteiger partial charge in [0.25, 0.3) is 0 Å². The van der Waals surface area contributed by atoms with Crippen LogP contribution in [-0.4, -0.2) is 82.6 Å². The van der Waals surface area contributed by atoms with Crippen LogP contribution in [0.15, 0.2) is 24.4 Å². The van der Waals surface area contributed by atoms with E-state index in [2.05, 4.69) is 10.3 Å². The molecule has 1 unspecified atom stereocenters. The predicted octanol–water partition coefficient (Wildman–Crippen LogP) is -0.845. The number of methoxy groups -OCH3 is 2. The first kappa shape index (κ1) is 22.8. The minimum absolute atomic E-state index is 0.248. The molecule has 0 aliphatic carbocycles. The summed E-state index contributed by atoms with van der Waals surface area (Å²) in [6.45, 7) is 1.04. The molecule has 3 N–H and O–H groups in total. The molecule has 1 atom stereocenters. The second-order valence-electron chi connectivity index (χ2n) is 5.75. The summed E-state index contributed by atoms with van der Waals surface area (Å²) < 4.78 is 34.6. The molecule has 1 aromatic heterocycles. The van der Waals surface area contributed by atoms with Crippen molar-refractivity contribution in [3.63, 3.8) is 0 Å². The van der Waals surface area contributed by atoms with E-state index in [-0.39, 0.29) is 32.1 Å². The Labute approximate surface area is 158 Å². The molecule has 1 rings (SSSR count). The number of amides is 3. The second-order valence-corrected chi connectivity index (χ2v) is 7.86. The molecule has 11 heteroatoms. The lowest BCUT2D eigenvalue weighted by atomic mass is 10.3. The number of pyridine rings is 1. The van der Waals surface area contributed by atoms with Crippen molar-refractivity contribution in [3.05, 3.63) is 30.1 Å². The van der Waals surface area contributed by atoms with E-state index in [1.165, 1.54) is 25.3 Å². The molecule has 152 valence electrons. The number of hydrogen-bond acceptors (Lipinski definition) is 7. The van der Waals surface area contributed by atoms with Crippen LogP contribution in [0.3, 0.4) is 0 Å². The van der Waals surface area contributed by atoms with Gasteiger partial charge in [-0.2, -0.15) is 0 Å². The summed E-state index contributed by atoms with van der Waals surface area (Å²) in [6, 6.07) is 2.90. The predicted molar refractivity (Wildman–Crippen MR) is 98.6 cm³/mol. The Morgan fingerprint density at radius 3 is 2.33 bits per heavy atom. The van der Waals surface area contributed by atoms with Gasteiger partial charge >= 0.3 is 6.03 Å². The van der Waals surface area contributed by atoms with Crippen molar-refractivity contribution in [2.45, 2.75) is 11.8 Å². The monoisotopic (exact) mass is 402 g/mol. The number of ether oxygens (including phenoxy) is 2. The SMILES string of the molecule is COCCN(CCOC)C(=O)NC(CS(=O)(=O)Cc1ccccn1)C(N)=O. The van der Waals surface area contributed by atoms with Crippen molar-refractivity contribution >= 4 is 21.8 Å². The molecule has 0 aliphatic heterocycles. The van der Waals surface area contributed by atoms with Crippen molar-refractivity contribution < 1.29 is 27.5 Å². The lowest BCUT2D eigenvalue weighted by molar-refractivity contribution is -0.119. The lowest BCUT2D eigenvalue weighted by Crippen LogP contribution is -2.53. The van der Waals surface area contributed by atoms with E-state index in [0.717, 1.165) is 0 Å². The van der Waals surface area contributed by atoms with Gasteiger partial charge in [-0.1, -0.05) is 6.07 Å². The van der Waals surface area contributed by atoms with E-state index in [1.54, 1.807) is 18.2 Å². The smallest absolute Gasteiger partial charge is 0.318 e. The number of aromatic nitrogens is 1. The molecular weight excluding hydrogens is 376 g/mol. The van der Waals surface area contributed by atoms with Gasteiger partial charge in [0.2, 0.25) is 5.91 Å². The van der Waals surface area contributed by atoms with Crippen LogP contribution in [0, 0.1) is 0 Å². The molecule has 0 radical (unpaired) electrons. The molecule has 1 heterocycles. The molecule has 0 saturated heterocycles. The fourth-order valence-corrected chi connectivity index (χ4v) is 3.67. The Morgan fingerprint density at radius 2 is 1.85 bits per heavy atom. The van der Waals surface area contributed by atoms with Gasteiger partial charge in [0.05, 0.1) is 30.4 Å². The number of sulfone groups is 1. The zero-order chi connectivity index (χ0) is 20.3. The number of nitrogens with one attached hydrogen (secondary N) is 1. The molecule has 10 nitrogen and oxygen atoms in total. The number of urea groups is 1. The summed E-state index contributed by atoms with van der Waals surface area (Å²) in [5.74, 6) is -1.91. The highest BCUT2D eigenvalue weighted by molar-refractivity contribution is 7.90. The summed E-state index contributed by atoms with van der Waals surface area (Å²) in [4.78, 5) is 29.4. The first-order valence-electron chi connectivity index (χ1n) is 8.22. The molecule has 0 aliphatic rings. The number of nitrogens with two attached hydrogens (primary N) is 1. The molecule has 0 fully saturated rings. The summed E-state index contributed by atoms with van der Waals surface area (Å²) in [5.41, 5.74) is 5.63. The largest absolute Gasteiger partial charge is 0.383 e. The molecule has 3 amide bonds. The molecule has 0 bridgehead atoms. The first-order valence-corrected chi connectivity index (χ1v) is 10.0. The molecule has 0 spiro atoms. The van der Waals surface area contributed by atoms with Crippen LogP contribution in [0.25, 0.3) is 0 Å². The van der Waals surface area contributed by atoms with Crippen LogP contribution < -0.4 is 11.1 Å². The van der Waals surface area contributed by atoms with E-state index in [4.69, 9.17) is 15.2 Å². The molecular formula is C16H26N4O6S. The quantitative estimate of drug-likeness (QED) is 0.464. The van der Waals surface area contributed by atoms with Gasteiger partial charge in [-0.25, -0.2) is 13.2 Å². The maximum absolute atomic E-state index is 12.4. The highest BCUT2D eigenvalue weighted by Gasteiger charge is 2.27. The third-order valence-corrected chi connectivity index (χ3v) is 5.15. The highest BCUT2D eigenvalue weighted by Crippen LogP contribution is 2.05. The lowest BCUT2D eigenvalue weighted by Gasteiger charge is -2.25. The number of primary amides is 1. The summed E-state index contributed by atoms with van der Waals surface area (Å²) in [7, 11) is -0.752. The van der Waals surface area contributed by atoms with Crippen molar-refractivity contribution in [1.29, 1.82) is 0 Å². The molecule has 27 heavy (non-hydrogen) atoms. The topological polar surface area (TPSA) is 141 Å². The van der Waals surface area contributed by atoms with Crippen LogP contribution in [-0.2, 0) is 29.9 Å². The zero-order valence-electron chi connectivity index (χ0n) is 15.5. The fourth-order valence-electron chi connectivity index (χ4n) is 2.17. The minimum Gasteiger partial charge on any atom is -0.383 e. The summed E-state index contributed by atoms with van der Waals surface area (Å²) in [6.07, 6.45) is 1.47. The van der Waals surface area contributed by atoms with Crippen LogP contribution in [0.5, 0.6) is 0 Å². The van der Waals surface area contributed by atoms with Gasteiger partial charge in [-0.05, 0) is 12.1 Å². The summed E-state index contributed by atoms with van der Waals surface area (Å²) >= 11 is 0. The van der Waals surface area contributed by atoms with Gasteiger partial charge in [0.1, 0.15) is 6.04 Å². The van der Waals surface area contributed by atoms with Crippen LogP contribution in [0.4, 0.5) is 4.79 Å². The Bertz CT molecular complexity index is 690. The molecule has 1 aromatic rings. The Balaban J connectivity index is 2.78. The average molecular weight is 402 g/mol. The van der Waals surface area contributed by atoms with Gasteiger partial charge in [0.15, 0.2) is 9.84 Å². The Morgan fingerprint density at radius 1 is 1.22 bits per heavy atom. The third-order valence-electron chi connectivity index (χ3n) is 3.57. The Kier molecular flexibility index (Phi) is 9.68. The van der Waals surface area contributed by atoms with Crippen molar-refractivity contribution in [2.24, 2.45) is 5.73 Å². The van der Waals surface area contributed by atoms with Gasteiger partial charge < -0.3 is 25.4 Å². The number of hydrogen-bond donors (Lipinski definition) is 2. The van der Waals surface area contributed by atoms with E-state index in [0.29, 0.717) is 5.69 Å². The van der Waals surface area contributed by atoms with Gasteiger partial charge in [-0.15, -0.1) is 0 Å². The molecule has 0 aromatic carbocycles. The van der Waals surface area contributed by atoms with Gasteiger partial charge in [-0.3, -0.25) is 9.78 Å². The number of carbonyl (C=O) groups excluding carboxylic acids is 2. The third kappa shape index (κ3) is 8.80. The van der Waals surface area contributed by atoms with Crippen LogP contribution >= 0.6 is 0 Å². The number of rotatable bonds is 12. The fraction of sp³-hybridized carbons (Fsp3) is 0.562. The van der Waals surface area contributed by atoms with Crippen LogP contribution in [0.2, 0.25) is 0 Å². The highest BCUT2D eigenvalue weighted by atomic mass is 32.2. The van der Waals surface area contributed by atoms with Crippen molar-refractivity contribution in [2.75, 3.05) is 46.3 Å².